The minimum atomic E-state index is -0.553. The molecule has 0 N–H and O–H groups in total. The molecule has 4 rings (SSSR count). The van der Waals surface area contributed by atoms with Crippen LogP contribution in [-0.2, 0) is 14.2 Å². The lowest BCUT2D eigenvalue weighted by Gasteiger charge is -2.48. The maximum absolute atomic E-state index is 14.1. The number of morpholine rings is 1. The zero-order chi connectivity index (χ0) is 23.8. The molecule has 0 radical (unpaired) electrons. The Hall–Kier alpha value is -2.17. The molecule has 2 unspecified atom stereocenters. The monoisotopic (exact) mass is 479 g/mol. The summed E-state index contributed by atoms with van der Waals surface area (Å²) in [5.41, 5.74) is -0.00704. The molecule has 1 amide bonds. The molecule has 2 bridgehead atoms. The summed E-state index contributed by atoms with van der Waals surface area (Å²) in [5, 5.41) is 3.99. The summed E-state index contributed by atoms with van der Waals surface area (Å²) in [6.07, 6.45) is 2.23. The predicted octanol–water partition coefficient (Wildman–Crippen LogP) is 4.84. The molecule has 10 heteroatoms. The van der Waals surface area contributed by atoms with E-state index in [1.54, 1.807) is 17.0 Å². The van der Waals surface area contributed by atoms with E-state index in [1.807, 2.05) is 34.0 Å². The average molecular weight is 480 g/mol. The number of fused-ring (bicyclic) bond motifs is 2. The molecule has 1 aromatic carbocycles. The lowest BCUT2D eigenvalue weighted by Crippen LogP contribution is -2.61. The van der Waals surface area contributed by atoms with Crippen LogP contribution >= 0.6 is 11.8 Å². The molecule has 2 fully saturated rings. The van der Waals surface area contributed by atoms with E-state index in [-0.39, 0.29) is 30.1 Å². The lowest BCUT2D eigenvalue weighted by atomic mass is 9.92. The number of aromatic nitrogens is 2. The molecule has 2 saturated heterocycles. The van der Waals surface area contributed by atoms with Crippen LogP contribution < -0.4 is 0 Å². The number of hydrogen-bond acceptors (Lipinski definition) is 8. The van der Waals surface area contributed by atoms with Crippen molar-refractivity contribution in [1.29, 1.82) is 0 Å². The van der Waals surface area contributed by atoms with Crippen molar-refractivity contribution in [3.8, 4) is 11.4 Å². The van der Waals surface area contributed by atoms with E-state index < -0.39 is 11.7 Å². The van der Waals surface area contributed by atoms with Gasteiger partial charge < -0.3 is 18.7 Å². The number of benzene rings is 1. The van der Waals surface area contributed by atoms with Gasteiger partial charge in [-0.15, -0.1) is 11.8 Å². The van der Waals surface area contributed by atoms with Gasteiger partial charge in [-0.2, -0.15) is 4.98 Å². The van der Waals surface area contributed by atoms with Crippen molar-refractivity contribution in [3.05, 3.63) is 29.9 Å². The number of hydrogen-bond donors (Lipinski definition) is 0. The Morgan fingerprint density at radius 1 is 1.27 bits per heavy atom. The highest BCUT2D eigenvalue weighted by molar-refractivity contribution is 7.98. The largest absolute Gasteiger partial charge is 0.444 e. The first-order valence-electron chi connectivity index (χ1n) is 11.1. The Kier molecular flexibility index (Phi) is 6.97. The fourth-order valence-corrected chi connectivity index (χ4v) is 4.72. The standard InChI is InChI=1S/C23H30FN3O5S/c1-13(21-25-20(26-32-21)14-6-7-19(33-5)18(24)8-14)30-17-9-15-11-29-12-16(10-17)27(15)22(28)31-23(2,3)4/h6-8,13,15-17H,9-12H2,1-5H3/t13-,15?,16?,17?/m1/s1. The first-order chi connectivity index (χ1) is 15.6. The van der Waals surface area contributed by atoms with Crippen LogP contribution in [0.15, 0.2) is 27.6 Å². The summed E-state index contributed by atoms with van der Waals surface area (Å²) in [7, 11) is 0. The van der Waals surface area contributed by atoms with E-state index in [0.717, 1.165) is 0 Å². The van der Waals surface area contributed by atoms with Gasteiger partial charge in [0, 0.05) is 10.5 Å². The topological polar surface area (TPSA) is 86.9 Å². The van der Waals surface area contributed by atoms with Gasteiger partial charge in [0.2, 0.25) is 5.82 Å². The smallest absolute Gasteiger partial charge is 0.410 e. The van der Waals surface area contributed by atoms with E-state index in [4.69, 9.17) is 18.7 Å². The number of piperidine rings is 1. The number of amides is 1. The first kappa shape index (κ1) is 24.0. The average Bonchev–Trinajstić information content (AvgIpc) is 3.22. The third-order valence-corrected chi connectivity index (χ3v) is 6.45. The molecule has 1 aromatic heterocycles. The molecule has 2 aliphatic rings. The third-order valence-electron chi connectivity index (χ3n) is 5.68. The summed E-state index contributed by atoms with van der Waals surface area (Å²) in [5.74, 6) is 0.327. The van der Waals surface area contributed by atoms with Crippen LogP contribution in [0.2, 0.25) is 0 Å². The van der Waals surface area contributed by atoms with Crippen molar-refractivity contribution < 1.29 is 27.9 Å². The SMILES string of the molecule is CSc1ccc(-c2noc([C@@H](C)OC3CC4COCC(C3)N4C(=O)OC(C)(C)C)n2)cc1F. The minimum Gasteiger partial charge on any atom is -0.444 e. The fourth-order valence-electron chi connectivity index (χ4n) is 4.26. The van der Waals surface area contributed by atoms with E-state index >= 15 is 0 Å². The Bertz CT molecular complexity index is 981. The molecule has 180 valence electrons. The van der Waals surface area contributed by atoms with Crippen LogP contribution in [0.1, 0.15) is 52.5 Å². The molecule has 2 aromatic rings. The zero-order valence-corrected chi connectivity index (χ0v) is 20.4. The second-order valence-corrected chi connectivity index (χ2v) is 10.3. The van der Waals surface area contributed by atoms with Crippen LogP contribution in [0.5, 0.6) is 0 Å². The van der Waals surface area contributed by atoms with Crippen molar-refractivity contribution in [2.75, 3.05) is 19.5 Å². The Labute approximate surface area is 197 Å². The van der Waals surface area contributed by atoms with E-state index in [9.17, 15) is 9.18 Å². The van der Waals surface area contributed by atoms with Crippen LogP contribution in [-0.4, -0.2) is 64.4 Å². The van der Waals surface area contributed by atoms with Crippen molar-refractivity contribution in [1.82, 2.24) is 15.0 Å². The van der Waals surface area contributed by atoms with Gasteiger partial charge >= 0.3 is 6.09 Å². The third kappa shape index (κ3) is 5.50. The van der Waals surface area contributed by atoms with Gasteiger partial charge in [0.25, 0.3) is 5.89 Å². The molecule has 0 saturated carbocycles. The fraction of sp³-hybridized carbons (Fsp3) is 0.609. The van der Waals surface area contributed by atoms with Gasteiger partial charge in [0.1, 0.15) is 17.5 Å². The zero-order valence-electron chi connectivity index (χ0n) is 19.5. The number of nitrogens with zero attached hydrogens (tertiary/aromatic N) is 3. The number of thioether (sulfide) groups is 1. The molecule has 3 heterocycles. The number of rotatable bonds is 5. The Morgan fingerprint density at radius 3 is 2.58 bits per heavy atom. The van der Waals surface area contributed by atoms with Gasteiger partial charge in [-0.25, -0.2) is 9.18 Å². The first-order valence-corrected chi connectivity index (χ1v) is 12.3. The second-order valence-electron chi connectivity index (χ2n) is 9.41. The summed E-state index contributed by atoms with van der Waals surface area (Å²) >= 11 is 1.34. The van der Waals surface area contributed by atoms with Crippen LogP contribution in [0.25, 0.3) is 11.4 Å². The number of carbonyl (C=O) groups excluding carboxylic acids is 1. The van der Waals surface area contributed by atoms with E-state index in [1.165, 1.54) is 17.8 Å². The van der Waals surface area contributed by atoms with Crippen molar-refractivity contribution in [2.45, 2.75) is 75.3 Å². The van der Waals surface area contributed by atoms with Gasteiger partial charge in [0.05, 0.1) is 31.4 Å². The van der Waals surface area contributed by atoms with Crippen molar-refractivity contribution >= 4 is 17.9 Å². The van der Waals surface area contributed by atoms with Gasteiger partial charge in [0.15, 0.2) is 0 Å². The van der Waals surface area contributed by atoms with Gasteiger partial charge in [-0.1, -0.05) is 5.16 Å². The maximum Gasteiger partial charge on any atom is 0.410 e. The lowest BCUT2D eigenvalue weighted by molar-refractivity contribution is -0.131. The Morgan fingerprint density at radius 2 is 1.97 bits per heavy atom. The van der Waals surface area contributed by atoms with Crippen LogP contribution in [0, 0.1) is 5.82 Å². The highest BCUT2D eigenvalue weighted by atomic mass is 32.2. The highest BCUT2D eigenvalue weighted by Gasteiger charge is 2.44. The van der Waals surface area contributed by atoms with Gasteiger partial charge in [-0.3, -0.25) is 4.90 Å². The normalized spacial score (nSPS) is 23.9. The van der Waals surface area contributed by atoms with Gasteiger partial charge in [-0.05, 0) is 65.0 Å². The quantitative estimate of drug-likeness (QED) is 0.563. The molecule has 8 nitrogen and oxygen atoms in total. The molecular formula is C23H30FN3O5S. The highest BCUT2D eigenvalue weighted by Crippen LogP contribution is 2.34. The molecule has 2 aliphatic heterocycles. The summed E-state index contributed by atoms with van der Waals surface area (Å²) in [4.78, 5) is 19.5. The molecule has 0 spiro atoms. The maximum atomic E-state index is 14.1. The van der Waals surface area contributed by atoms with E-state index in [2.05, 4.69) is 10.1 Å². The molecule has 33 heavy (non-hydrogen) atoms. The van der Waals surface area contributed by atoms with E-state index in [0.29, 0.717) is 48.2 Å². The van der Waals surface area contributed by atoms with Crippen molar-refractivity contribution in [2.24, 2.45) is 0 Å². The molecule has 3 atom stereocenters. The number of halogens is 1. The van der Waals surface area contributed by atoms with Crippen LogP contribution in [0.4, 0.5) is 9.18 Å². The molecule has 0 aliphatic carbocycles. The predicted molar refractivity (Wildman–Crippen MR) is 120 cm³/mol. The Balaban J connectivity index is 1.40. The van der Waals surface area contributed by atoms with Crippen molar-refractivity contribution in [3.63, 3.8) is 0 Å². The van der Waals surface area contributed by atoms with Crippen LogP contribution in [0.3, 0.4) is 0 Å². The minimum absolute atomic E-state index is 0.0914. The summed E-state index contributed by atoms with van der Waals surface area (Å²) in [6.45, 7) is 8.33. The number of carbonyl (C=O) groups is 1. The summed E-state index contributed by atoms with van der Waals surface area (Å²) < 4.78 is 37.1. The second kappa shape index (κ2) is 9.60. The summed E-state index contributed by atoms with van der Waals surface area (Å²) in [6, 6.07) is 4.65. The molecular weight excluding hydrogens is 449 g/mol. The number of ether oxygens (including phenoxy) is 3.